The van der Waals surface area contributed by atoms with Gasteiger partial charge in [-0.2, -0.15) is 0 Å². The molecule has 2 heterocycles. The van der Waals surface area contributed by atoms with Crippen LogP contribution in [0.2, 0.25) is 0 Å². The Balaban J connectivity index is 1.86. The molecule has 1 atom stereocenters. The van der Waals surface area contributed by atoms with Crippen LogP contribution in [0.5, 0.6) is 0 Å². The lowest BCUT2D eigenvalue weighted by Crippen LogP contribution is -2.11. The van der Waals surface area contributed by atoms with E-state index >= 15 is 0 Å². The molecule has 1 unspecified atom stereocenters. The largest absolute Gasteiger partial charge is 0.478 e. The van der Waals surface area contributed by atoms with Gasteiger partial charge in [-0.15, -0.1) is 0 Å². The molecule has 0 aromatic carbocycles. The highest BCUT2D eigenvalue weighted by atomic mass is 16.4. The summed E-state index contributed by atoms with van der Waals surface area (Å²) in [5.74, 6) is -0.528. The van der Waals surface area contributed by atoms with Crippen molar-refractivity contribution in [2.75, 3.05) is 6.54 Å². The number of carboxylic acid groups (broad SMARTS) is 1. The number of aromatic carboxylic acids is 1. The smallest absolute Gasteiger partial charge is 0.337 e. The summed E-state index contributed by atoms with van der Waals surface area (Å²) in [6.07, 6.45) is 12.9. The van der Waals surface area contributed by atoms with Crippen molar-refractivity contribution < 1.29 is 9.90 Å². The van der Waals surface area contributed by atoms with Crippen molar-refractivity contribution in [3.05, 3.63) is 64.7 Å². The van der Waals surface area contributed by atoms with Gasteiger partial charge in [0.2, 0.25) is 0 Å². The highest BCUT2D eigenvalue weighted by Crippen LogP contribution is 2.38. The lowest BCUT2D eigenvalue weighted by molar-refractivity contribution is 0.0696. The first-order chi connectivity index (χ1) is 10.2. The van der Waals surface area contributed by atoms with Gasteiger partial charge < -0.3 is 10.4 Å². The number of hydrogen-bond donors (Lipinski definition) is 2. The average Bonchev–Trinajstić information content (AvgIpc) is 2.85. The van der Waals surface area contributed by atoms with Crippen molar-refractivity contribution >= 4 is 17.6 Å². The molecular weight excluding hydrogens is 264 g/mol. The van der Waals surface area contributed by atoms with E-state index in [4.69, 9.17) is 5.11 Å². The Kier molecular flexibility index (Phi) is 2.57. The van der Waals surface area contributed by atoms with Crippen LogP contribution in [-0.4, -0.2) is 22.6 Å². The zero-order valence-electron chi connectivity index (χ0n) is 11.3. The number of carboxylic acids is 1. The number of nitrogens with zero attached hydrogens (tertiary/aromatic N) is 1. The van der Waals surface area contributed by atoms with Gasteiger partial charge in [-0.05, 0) is 24.1 Å². The zero-order chi connectivity index (χ0) is 14.4. The molecule has 4 heteroatoms. The summed E-state index contributed by atoms with van der Waals surface area (Å²) in [6.45, 7) is 1.00. The fourth-order valence-corrected chi connectivity index (χ4v) is 3.09. The standard InChI is InChI=1S/C17H14N2O2/c20-17(21)13-6-12-3-1-2-10-8-15-11(4-5-18-15)7-14(10)16(12)19-9-13/h1-3,6-9,11,18H,4-5H2,(H,20,21). The molecule has 104 valence electrons. The third kappa shape index (κ3) is 1.91. The average molecular weight is 278 g/mol. The second kappa shape index (κ2) is 4.45. The lowest BCUT2D eigenvalue weighted by atomic mass is 9.88. The van der Waals surface area contributed by atoms with Gasteiger partial charge in [0, 0.05) is 35.5 Å². The maximum absolute atomic E-state index is 11.1. The third-order valence-corrected chi connectivity index (χ3v) is 4.14. The van der Waals surface area contributed by atoms with Crippen molar-refractivity contribution in [3.8, 4) is 0 Å². The molecule has 2 aliphatic carbocycles. The molecule has 1 aromatic heterocycles. The lowest BCUT2D eigenvalue weighted by Gasteiger charge is -2.19. The second-order valence-electron chi connectivity index (χ2n) is 5.45. The minimum absolute atomic E-state index is 0.219. The van der Waals surface area contributed by atoms with Crippen molar-refractivity contribution in [1.29, 1.82) is 0 Å². The van der Waals surface area contributed by atoms with E-state index in [1.807, 2.05) is 12.2 Å². The quantitative estimate of drug-likeness (QED) is 0.829. The summed E-state index contributed by atoms with van der Waals surface area (Å²) in [5.41, 5.74) is 5.43. The number of pyridine rings is 1. The molecule has 2 N–H and O–H groups in total. The molecule has 1 fully saturated rings. The molecular formula is C17H14N2O2. The number of fused-ring (bicyclic) bond motifs is 4. The van der Waals surface area contributed by atoms with Gasteiger partial charge in [-0.3, -0.25) is 4.98 Å². The number of carbonyl (C=O) groups is 1. The monoisotopic (exact) mass is 278 g/mol. The van der Waals surface area contributed by atoms with Gasteiger partial charge in [-0.25, -0.2) is 4.79 Å². The summed E-state index contributed by atoms with van der Waals surface area (Å²) in [5, 5.41) is 12.5. The summed E-state index contributed by atoms with van der Waals surface area (Å²) in [6, 6.07) is 1.69. The van der Waals surface area contributed by atoms with Gasteiger partial charge >= 0.3 is 5.97 Å². The van der Waals surface area contributed by atoms with E-state index in [2.05, 4.69) is 28.5 Å². The molecule has 3 aliphatic rings. The van der Waals surface area contributed by atoms with Crippen LogP contribution in [0, 0.1) is 5.92 Å². The van der Waals surface area contributed by atoms with Crippen LogP contribution in [0.1, 0.15) is 28.0 Å². The summed E-state index contributed by atoms with van der Waals surface area (Å²) in [4.78, 5) is 15.5. The van der Waals surface area contributed by atoms with E-state index in [1.54, 1.807) is 6.07 Å². The number of rotatable bonds is 1. The normalized spacial score (nSPS) is 21.9. The molecule has 0 spiro atoms. The van der Waals surface area contributed by atoms with Crippen LogP contribution in [0.4, 0.5) is 0 Å². The minimum Gasteiger partial charge on any atom is -0.478 e. The van der Waals surface area contributed by atoms with Crippen LogP contribution in [0.3, 0.4) is 0 Å². The molecule has 1 aromatic rings. The molecule has 1 saturated heterocycles. The van der Waals surface area contributed by atoms with Crippen molar-refractivity contribution in [1.82, 2.24) is 10.3 Å². The first-order valence-electron chi connectivity index (χ1n) is 7.02. The summed E-state index contributed by atoms with van der Waals surface area (Å²) >= 11 is 0. The van der Waals surface area contributed by atoms with Crippen LogP contribution in [0.25, 0.3) is 11.6 Å². The first-order valence-corrected chi connectivity index (χ1v) is 7.02. The Morgan fingerprint density at radius 1 is 1.43 bits per heavy atom. The highest BCUT2D eigenvalue weighted by molar-refractivity contribution is 5.92. The SMILES string of the molecule is O=C(O)c1cnc2c(c1)C=CC=C1C=C3NCCC3C=C12. The third-order valence-electron chi connectivity index (χ3n) is 4.14. The van der Waals surface area contributed by atoms with Gasteiger partial charge in [0.1, 0.15) is 0 Å². The zero-order valence-corrected chi connectivity index (χ0v) is 11.3. The van der Waals surface area contributed by atoms with E-state index in [9.17, 15) is 4.79 Å². The van der Waals surface area contributed by atoms with E-state index in [0.717, 1.165) is 35.4 Å². The van der Waals surface area contributed by atoms with E-state index < -0.39 is 5.97 Å². The molecule has 4 rings (SSSR count). The number of nitrogens with one attached hydrogen (secondary N) is 1. The fourth-order valence-electron chi connectivity index (χ4n) is 3.09. The number of hydrogen-bond acceptors (Lipinski definition) is 3. The van der Waals surface area contributed by atoms with Crippen molar-refractivity contribution in [2.45, 2.75) is 6.42 Å². The second-order valence-corrected chi connectivity index (χ2v) is 5.45. The predicted octanol–water partition coefficient (Wildman–Crippen LogP) is 2.62. The predicted molar refractivity (Wildman–Crippen MR) is 80.5 cm³/mol. The van der Waals surface area contributed by atoms with Crippen molar-refractivity contribution in [3.63, 3.8) is 0 Å². The topological polar surface area (TPSA) is 62.2 Å². The molecule has 4 nitrogen and oxygen atoms in total. The molecule has 21 heavy (non-hydrogen) atoms. The molecule has 1 aliphatic heterocycles. The summed E-state index contributed by atoms with van der Waals surface area (Å²) < 4.78 is 0. The number of allylic oxidation sites excluding steroid dienone is 6. The van der Waals surface area contributed by atoms with Crippen LogP contribution in [0.15, 0.2) is 47.8 Å². The first kappa shape index (κ1) is 12.1. The molecule has 0 amide bonds. The summed E-state index contributed by atoms with van der Waals surface area (Å²) in [7, 11) is 0. The van der Waals surface area contributed by atoms with E-state index in [0.29, 0.717) is 5.92 Å². The fraction of sp³-hybridized carbons (Fsp3) is 0.176. The van der Waals surface area contributed by atoms with Gasteiger partial charge in [0.15, 0.2) is 0 Å². The maximum Gasteiger partial charge on any atom is 0.337 e. The van der Waals surface area contributed by atoms with E-state index in [-0.39, 0.29) is 5.56 Å². The Hall–Kier alpha value is -2.62. The minimum atomic E-state index is -0.948. The van der Waals surface area contributed by atoms with Gasteiger partial charge in [0.05, 0.1) is 11.3 Å². The molecule has 0 radical (unpaired) electrons. The van der Waals surface area contributed by atoms with Crippen LogP contribution < -0.4 is 5.32 Å². The molecule has 0 bridgehead atoms. The van der Waals surface area contributed by atoms with Gasteiger partial charge in [0.25, 0.3) is 0 Å². The van der Waals surface area contributed by atoms with Crippen LogP contribution in [-0.2, 0) is 0 Å². The Bertz CT molecular complexity index is 769. The Morgan fingerprint density at radius 3 is 3.19 bits per heavy atom. The van der Waals surface area contributed by atoms with Gasteiger partial charge in [-0.1, -0.05) is 24.3 Å². The number of aromatic nitrogens is 1. The Morgan fingerprint density at radius 2 is 2.33 bits per heavy atom. The molecule has 0 saturated carbocycles. The van der Waals surface area contributed by atoms with Crippen molar-refractivity contribution in [2.24, 2.45) is 5.92 Å². The Labute approximate surface area is 122 Å². The maximum atomic E-state index is 11.1. The van der Waals surface area contributed by atoms with E-state index in [1.165, 1.54) is 11.9 Å². The highest BCUT2D eigenvalue weighted by Gasteiger charge is 2.26. The van der Waals surface area contributed by atoms with Crippen LogP contribution >= 0.6 is 0 Å².